The predicted octanol–water partition coefficient (Wildman–Crippen LogP) is 3.08. The third-order valence-electron chi connectivity index (χ3n) is 4.57. The maximum absolute atomic E-state index is 12.3. The van der Waals surface area contributed by atoms with Crippen LogP contribution >= 0.6 is 11.8 Å². The lowest BCUT2D eigenvalue weighted by molar-refractivity contribution is -0.127. The number of carbonyl (C=O) groups excluding carboxylic acids is 2. The minimum absolute atomic E-state index is 0.215. The van der Waals surface area contributed by atoms with Gasteiger partial charge in [-0.05, 0) is 50.5 Å². The highest BCUT2D eigenvalue weighted by Gasteiger charge is 2.20. The maximum Gasteiger partial charge on any atom is 0.257 e. The lowest BCUT2D eigenvalue weighted by Crippen LogP contribution is -2.49. The summed E-state index contributed by atoms with van der Waals surface area (Å²) in [5, 5.41) is -0.302. The van der Waals surface area contributed by atoms with Crippen molar-refractivity contribution < 1.29 is 9.59 Å². The van der Waals surface area contributed by atoms with E-state index in [4.69, 9.17) is 0 Å². The molecule has 0 saturated carbocycles. The summed E-state index contributed by atoms with van der Waals surface area (Å²) < 4.78 is 0. The van der Waals surface area contributed by atoms with Gasteiger partial charge in [0.2, 0.25) is 0 Å². The first-order valence-electron chi connectivity index (χ1n) is 9.18. The van der Waals surface area contributed by atoms with E-state index in [1.807, 2.05) is 56.3 Å². The Morgan fingerprint density at radius 1 is 1.11 bits per heavy atom. The molecule has 1 aliphatic rings. The first-order valence-corrected chi connectivity index (χ1v) is 10.1. The number of fused-ring (bicyclic) bond motifs is 1. The Balaban J connectivity index is 1.47. The molecule has 0 aromatic heterocycles. The summed E-state index contributed by atoms with van der Waals surface area (Å²) in [4.78, 5) is 27.6. The van der Waals surface area contributed by atoms with Gasteiger partial charge in [0.1, 0.15) is 0 Å². The number of nitrogens with one attached hydrogen (secondary N) is 2. The van der Waals surface area contributed by atoms with Gasteiger partial charge in [0.25, 0.3) is 11.8 Å². The van der Waals surface area contributed by atoms with Crippen LogP contribution in [-0.2, 0) is 16.0 Å². The molecule has 3 rings (SSSR count). The monoisotopic (exact) mass is 383 g/mol. The van der Waals surface area contributed by atoms with Crippen LogP contribution in [0.5, 0.6) is 0 Å². The minimum Gasteiger partial charge on any atom is -0.362 e. The van der Waals surface area contributed by atoms with Crippen LogP contribution in [0.1, 0.15) is 24.5 Å². The van der Waals surface area contributed by atoms with Crippen LogP contribution in [-0.4, -0.2) is 30.2 Å². The van der Waals surface area contributed by atoms with Crippen LogP contribution in [0.3, 0.4) is 0 Å². The zero-order chi connectivity index (χ0) is 19.2. The molecular formula is C21H25N3O2S. The van der Waals surface area contributed by atoms with Gasteiger partial charge in [-0.15, -0.1) is 11.8 Å². The van der Waals surface area contributed by atoms with Crippen molar-refractivity contribution in [3.63, 3.8) is 0 Å². The molecule has 0 fully saturated rings. The zero-order valence-electron chi connectivity index (χ0n) is 15.7. The predicted molar refractivity (Wildman–Crippen MR) is 110 cm³/mol. The number of aryl methyl sites for hydroxylation is 2. The number of rotatable bonds is 5. The molecule has 5 nitrogen and oxygen atoms in total. The van der Waals surface area contributed by atoms with E-state index in [2.05, 4.69) is 21.8 Å². The Kier molecular flexibility index (Phi) is 6.40. The first kappa shape index (κ1) is 19.3. The van der Waals surface area contributed by atoms with E-state index in [0.29, 0.717) is 0 Å². The molecule has 0 saturated heterocycles. The topological polar surface area (TPSA) is 61.4 Å². The molecule has 0 spiro atoms. The quantitative estimate of drug-likeness (QED) is 0.615. The van der Waals surface area contributed by atoms with Crippen molar-refractivity contribution in [2.24, 2.45) is 0 Å². The summed E-state index contributed by atoms with van der Waals surface area (Å²) in [5.41, 5.74) is 8.64. The van der Waals surface area contributed by atoms with Gasteiger partial charge in [0.15, 0.2) is 0 Å². The Labute approximate surface area is 164 Å². The fourth-order valence-corrected chi connectivity index (χ4v) is 3.96. The van der Waals surface area contributed by atoms with Gasteiger partial charge in [-0.25, -0.2) is 0 Å². The number of hydrogen-bond donors (Lipinski definition) is 2. The van der Waals surface area contributed by atoms with Gasteiger partial charge in [-0.2, -0.15) is 0 Å². The van der Waals surface area contributed by atoms with E-state index >= 15 is 0 Å². The van der Waals surface area contributed by atoms with Crippen molar-refractivity contribution in [2.45, 2.75) is 36.8 Å². The van der Waals surface area contributed by atoms with E-state index in [-0.39, 0.29) is 23.6 Å². The number of hydrogen-bond acceptors (Lipinski definition) is 4. The lowest BCUT2D eigenvalue weighted by atomic mass is 10.0. The second kappa shape index (κ2) is 8.95. The molecule has 0 unspecified atom stereocenters. The highest BCUT2D eigenvalue weighted by molar-refractivity contribution is 8.00. The Bertz CT molecular complexity index is 807. The van der Waals surface area contributed by atoms with E-state index in [1.165, 1.54) is 22.9 Å². The SMILES string of the molecule is Cc1ccc(S[C@@H](C)C(=O)NNC(=O)CN2CCCc3ccccc32)cc1. The van der Waals surface area contributed by atoms with Crippen LogP contribution in [0.4, 0.5) is 5.69 Å². The van der Waals surface area contributed by atoms with Crippen molar-refractivity contribution in [1.29, 1.82) is 0 Å². The van der Waals surface area contributed by atoms with E-state index in [1.54, 1.807) is 0 Å². The van der Waals surface area contributed by atoms with Crippen molar-refractivity contribution in [3.8, 4) is 0 Å². The van der Waals surface area contributed by atoms with Gasteiger partial charge in [-0.3, -0.25) is 20.4 Å². The van der Waals surface area contributed by atoms with E-state index in [0.717, 1.165) is 30.0 Å². The molecular weight excluding hydrogens is 358 g/mol. The largest absolute Gasteiger partial charge is 0.362 e. The molecule has 27 heavy (non-hydrogen) atoms. The number of carbonyl (C=O) groups is 2. The van der Waals surface area contributed by atoms with Crippen molar-refractivity contribution in [2.75, 3.05) is 18.0 Å². The van der Waals surface area contributed by atoms with Gasteiger partial charge in [-0.1, -0.05) is 35.9 Å². The summed E-state index contributed by atoms with van der Waals surface area (Å²) in [6.07, 6.45) is 2.07. The zero-order valence-corrected chi connectivity index (χ0v) is 16.5. The van der Waals surface area contributed by atoms with Gasteiger partial charge in [0, 0.05) is 17.1 Å². The lowest BCUT2D eigenvalue weighted by Gasteiger charge is -2.30. The number of benzene rings is 2. The van der Waals surface area contributed by atoms with Crippen LogP contribution in [0.2, 0.25) is 0 Å². The smallest absolute Gasteiger partial charge is 0.257 e. The molecule has 2 N–H and O–H groups in total. The number of anilines is 1. The minimum atomic E-state index is -0.302. The van der Waals surface area contributed by atoms with Gasteiger partial charge < -0.3 is 4.90 Å². The number of para-hydroxylation sites is 1. The average molecular weight is 384 g/mol. The standard InChI is InChI=1S/C21H25N3O2S/c1-15-9-11-18(12-10-15)27-16(2)21(26)23-22-20(25)14-24-13-5-7-17-6-3-4-8-19(17)24/h3-4,6,8-12,16H,5,7,13-14H2,1-2H3,(H,22,25)(H,23,26)/t16-/m0/s1. The molecule has 1 atom stereocenters. The molecule has 2 aromatic carbocycles. The third-order valence-corrected chi connectivity index (χ3v) is 5.68. The normalized spacial score (nSPS) is 14.2. The molecule has 2 aromatic rings. The molecule has 0 radical (unpaired) electrons. The highest BCUT2D eigenvalue weighted by atomic mass is 32.2. The highest BCUT2D eigenvalue weighted by Crippen LogP contribution is 2.26. The Morgan fingerprint density at radius 2 is 1.85 bits per heavy atom. The summed E-state index contributed by atoms with van der Waals surface area (Å²) in [6, 6.07) is 16.2. The molecule has 2 amide bonds. The summed E-state index contributed by atoms with van der Waals surface area (Å²) in [5.74, 6) is -0.430. The second-order valence-corrected chi connectivity index (χ2v) is 8.18. The van der Waals surface area contributed by atoms with Gasteiger partial charge in [0.05, 0.1) is 11.8 Å². The van der Waals surface area contributed by atoms with Crippen LogP contribution in [0, 0.1) is 6.92 Å². The van der Waals surface area contributed by atoms with Crippen molar-refractivity contribution in [1.82, 2.24) is 10.9 Å². The van der Waals surface area contributed by atoms with Crippen molar-refractivity contribution in [3.05, 3.63) is 59.7 Å². The molecule has 1 aliphatic heterocycles. The van der Waals surface area contributed by atoms with E-state index in [9.17, 15) is 9.59 Å². The summed E-state index contributed by atoms with van der Waals surface area (Å²) >= 11 is 1.46. The van der Waals surface area contributed by atoms with Crippen LogP contribution in [0.15, 0.2) is 53.4 Å². The first-order chi connectivity index (χ1) is 13.0. The van der Waals surface area contributed by atoms with Gasteiger partial charge >= 0.3 is 0 Å². The Hall–Kier alpha value is -2.47. The number of hydrazine groups is 1. The fourth-order valence-electron chi connectivity index (χ4n) is 3.10. The molecule has 6 heteroatoms. The maximum atomic E-state index is 12.3. The molecule has 0 bridgehead atoms. The molecule has 1 heterocycles. The average Bonchev–Trinajstić information content (AvgIpc) is 2.68. The molecule has 142 valence electrons. The second-order valence-electron chi connectivity index (χ2n) is 6.76. The molecule has 0 aliphatic carbocycles. The number of thioether (sulfide) groups is 1. The fraction of sp³-hybridized carbons (Fsp3) is 0.333. The Morgan fingerprint density at radius 3 is 2.63 bits per heavy atom. The van der Waals surface area contributed by atoms with Crippen LogP contribution in [0.25, 0.3) is 0 Å². The summed E-state index contributed by atoms with van der Waals surface area (Å²) in [7, 11) is 0. The third kappa shape index (κ3) is 5.26. The van der Waals surface area contributed by atoms with Crippen molar-refractivity contribution >= 4 is 29.3 Å². The van der Waals surface area contributed by atoms with E-state index < -0.39 is 0 Å². The summed E-state index contributed by atoms with van der Waals surface area (Å²) in [6.45, 7) is 4.93. The number of amides is 2. The van der Waals surface area contributed by atoms with Crippen LogP contribution < -0.4 is 15.8 Å². The number of nitrogens with zero attached hydrogens (tertiary/aromatic N) is 1.